The zero-order chi connectivity index (χ0) is 14.3. The molecule has 1 aromatic rings. The summed E-state index contributed by atoms with van der Waals surface area (Å²) in [5.74, 6) is -2.10. The minimum atomic E-state index is -0.541. The molecule has 0 atom stereocenters. The van der Waals surface area contributed by atoms with Crippen LogP contribution in [0.1, 0.15) is 11.4 Å². The van der Waals surface area contributed by atoms with Crippen molar-refractivity contribution in [1.29, 1.82) is 0 Å². The number of hydrogen-bond donors (Lipinski definition) is 2. The van der Waals surface area contributed by atoms with Gasteiger partial charge in [0.15, 0.2) is 0 Å². The summed E-state index contributed by atoms with van der Waals surface area (Å²) >= 11 is 0. The summed E-state index contributed by atoms with van der Waals surface area (Å²) < 4.78 is 0. The lowest BCUT2D eigenvalue weighted by molar-refractivity contribution is -0.124. The number of carbonyl (C=O) groups is 4. The molecular weight excluding hydrogens is 262 g/mol. The van der Waals surface area contributed by atoms with Gasteiger partial charge in [0.1, 0.15) is 0 Å². The van der Waals surface area contributed by atoms with Crippen LogP contribution in [0.25, 0.3) is 11.1 Å². The Morgan fingerprint density at radius 3 is 1.55 bits per heavy atom. The van der Waals surface area contributed by atoms with Crippen LogP contribution in [0.15, 0.2) is 30.4 Å². The Labute approximate surface area is 112 Å². The molecule has 0 bridgehead atoms. The van der Waals surface area contributed by atoms with Crippen LogP contribution in [-0.2, 0) is 19.2 Å². The standard InChI is InChI=1S/C13H7N3O4/c17-10-4-6(12(19)15-10)8-2-1-3-9(14-8)7-5-11(18)16-13(7)20/h1-5H,(H,15,17,19)(H,16,18,20). The molecule has 0 saturated carbocycles. The third-order valence-corrected chi connectivity index (χ3v) is 2.81. The van der Waals surface area contributed by atoms with Crippen LogP contribution in [0.5, 0.6) is 0 Å². The molecule has 0 spiro atoms. The topological polar surface area (TPSA) is 105 Å². The molecule has 3 heterocycles. The lowest BCUT2D eigenvalue weighted by Crippen LogP contribution is -2.22. The number of nitrogens with one attached hydrogen (secondary N) is 2. The van der Waals surface area contributed by atoms with Crippen molar-refractivity contribution in [3.63, 3.8) is 0 Å². The maximum atomic E-state index is 11.5. The quantitative estimate of drug-likeness (QED) is 0.681. The molecule has 0 unspecified atom stereocenters. The van der Waals surface area contributed by atoms with Crippen LogP contribution < -0.4 is 10.6 Å². The molecule has 0 aliphatic carbocycles. The van der Waals surface area contributed by atoms with Gasteiger partial charge in [-0.15, -0.1) is 0 Å². The highest BCUT2D eigenvalue weighted by molar-refractivity contribution is 6.34. The Balaban J connectivity index is 2.03. The number of aromatic nitrogens is 1. The smallest absolute Gasteiger partial charge is 0.260 e. The molecule has 0 radical (unpaired) electrons. The zero-order valence-corrected chi connectivity index (χ0v) is 9.97. The summed E-state index contributed by atoms with van der Waals surface area (Å²) in [4.78, 5) is 49.5. The number of carbonyl (C=O) groups excluding carboxylic acids is 4. The minimum Gasteiger partial charge on any atom is -0.289 e. The van der Waals surface area contributed by atoms with E-state index in [1.165, 1.54) is 0 Å². The van der Waals surface area contributed by atoms with Crippen molar-refractivity contribution in [3.8, 4) is 0 Å². The van der Waals surface area contributed by atoms with E-state index in [0.29, 0.717) is 0 Å². The minimum absolute atomic E-state index is 0.127. The van der Waals surface area contributed by atoms with Crippen molar-refractivity contribution in [2.75, 3.05) is 0 Å². The molecule has 1 aromatic heterocycles. The van der Waals surface area contributed by atoms with Crippen LogP contribution in [0.2, 0.25) is 0 Å². The number of amides is 4. The summed E-state index contributed by atoms with van der Waals surface area (Å²) in [5.41, 5.74) is 0.780. The summed E-state index contributed by atoms with van der Waals surface area (Å²) in [6.07, 6.45) is 2.28. The van der Waals surface area contributed by atoms with Gasteiger partial charge in [0.05, 0.1) is 22.5 Å². The molecule has 98 valence electrons. The highest BCUT2D eigenvalue weighted by Crippen LogP contribution is 2.21. The normalized spacial score (nSPS) is 17.8. The van der Waals surface area contributed by atoms with Gasteiger partial charge in [0.2, 0.25) is 0 Å². The Hall–Kier alpha value is -3.09. The summed E-state index contributed by atoms with van der Waals surface area (Å²) in [6, 6.07) is 4.68. The van der Waals surface area contributed by atoms with E-state index in [1.807, 2.05) is 0 Å². The van der Waals surface area contributed by atoms with Crippen molar-refractivity contribution in [1.82, 2.24) is 15.6 Å². The number of imide groups is 2. The van der Waals surface area contributed by atoms with E-state index in [2.05, 4.69) is 15.6 Å². The van der Waals surface area contributed by atoms with E-state index in [1.54, 1.807) is 18.2 Å². The van der Waals surface area contributed by atoms with Gasteiger partial charge in [-0.25, -0.2) is 4.98 Å². The van der Waals surface area contributed by atoms with E-state index in [9.17, 15) is 19.2 Å². The number of hydrogen-bond acceptors (Lipinski definition) is 5. The van der Waals surface area contributed by atoms with Gasteiger partial charge in [-0.3, -0.25) is 29.8 Å². The average Bonchev–Trinajstić information content (AvgIpc) is 2.91. The van der Waals surface area contributed by atoms with E-state index in [0.717, 1.165) is 12.2 Å². The van der Waals surface area contributed by atoms with E-state index in [-0.39, 0.29) is 22.5 Å². The molecule has 0 aromatic carbocycles. The lowest BCUT2D eigenvalue weighted by atomic mass is 10.1. The first-order valence-electron chi connectivity index (χ1n) is 5.66. The van der Waals surface area contributed by atoms with Crippen molar-refractivity contribution >= 4 is 34.8 Å². The molecule has 7 nitrogen and oxygen atoms in total. The predicted molar refractivity (Wildman–Crippen MR) is 66.5 cm³/mol. The molecule has 7 heteroatoms. The maximum absolute atomic E-state index is 11.5. The van der Waals surface area contributed by atoms with E-state index < -0.39 is 23.6 Å². The van der Waals surface area contributed by atoms with Crippen LogP contribution >= 0.6 is 0 Å². The number of rotatable bonds is 2. The predicted octanol–water partition coefficient (Wildman–Crippen LogP) is -0.839. The van der Waals surface area contributed by atoms with E-state index >= 15 is 0 Å². The second-order valence-corrected chi connectivity index (χ2v) is 4.16. The molecule has 2 N–H and O–H groups in total. The van der Waals surface area contributed by atoms with Gasteiger partial charge >= 0.3 is 0 Å². The van der Waals surface area contributed by atoms with Crippen molar-refractivity contribution in [2.45, 2.75) is 0 Å². The van der Waals surface area contributed by atoms with Gasteiger partial charge in [0.25, 0.3) is 23.6 Å². The Morgan fingerprint density at radius 2 is 1.20 bits per heavy atom. The molecule has 0 saturated heterocycles. The highest BCUT2D eigenvalue weighted by Gasteiger charge is 2.26. The van der Waals surface area contributed by atoms with Crippen LogP contribution in [0.4, 0.5) is 0 Å². The van der Waals surface area contributed by atoms with Crippen molar-refractivity contribution in [2.24, 2.45) is 0 Å². The van der Waals surface area contributed by atoms with Gasteiger partial charge < -0.3 is 0 Å². The fourth-order valence-corrected chi connectivity index (χ4v) is 1.94. The first-order valence-corrected chi connectivity index (χ1v) is 5.66. The second kappa shape index (κ2) is 4.23. The molecule has 2 aliphatic rings. The molecule has 0 fully saturated rings. The van der Waals surface area contributed by atoms with Gasteiger partial charge in [-0.05, 0) is 12.1 Å². The van der Waals surface area contributed by atoms with Crippen molar-refractivity contribution in [3.05, 3.63) is 41.7 Å². The summed E-state index contributed by atoms with van der Waals surface area (Å²) in [5, 5.41) is 4.22. The van der Waals surface area contributed by atoms with Crippen molar-refractivity contribution < 1.29 is 19.2 Å². The van der Waals surface area contributed by atoms with Gasteiger partial charge in [-0.2, -0.15) is 0 Å². The van der Waals surface area contributed by atoms with Gasteiger partial charge in [0, 0.05) is 12.2 Å². The van der Waals surface area contributed by atoms with Crippen LogP contribution in [0.3, 0.4) is 0 Å². The molecule has 20 heavy (non-hydrogen) atoms. The van der Waals surface area contributed by atoms with Gasteiger partial charge in [-0.1, -0.05) is 6.07 Å². The first-order chi connectivity index (χ1) is 9.54. The SMILES string of the molecule is O=C1C=C(c2cccc(C3=CC(=O)NC3=O)n2)C(=O)N1. The molecule has 3 rings (SSSR count). The summed E-state index contributed by atoms with van der Waals surface area (Å²) in [7, 11) is 0. The monoisotopic (exact) mass is 269 g/mol. The fourth-order valence-electron chi connectivity index (χ4n) is 1.94. The third-order valence-electron chi connectivity index (χ3n) is 2.81. The summed E-state index contributed by atoms with van der Waals surface area (Å²) in [6.45, 7) is 0. The second-order valence-electron chi connectivity index (χ2n) is 4.16. The average molecular weight is 269 g/mol. The zero-order valence-electron chi connectivity index (χ0n) is 9.97. The van der Waals surface area contributed by atoms with E-state index in [4.69, 9.17) is 0 Å². The largest absolute Gasteiger partial charge is 0.289 e. The fraction of sp³-hybridized carbons (Fsp3) is 0. The third kappa shape index (κ3) is 1.91. The van der Waals surface area contributed by atoms with Crippen LogP contribution in [0, 0.1) is 0 Å². The first kappa shape index (κ1) is 12.0. The Morgan fingerprint density at radius 1 is 0.750 bits per heavy atom. The molecular formula is C13H7N3O4. The Bertz CT molecular complexity index is 686. The number of pyridine rings is 1. The lowest BCUT2D eigenvalue weighted by Gasteiger charge is -2.03. The Kier molecular flexibility index (Phi) is 2.53. The molecule has 4 amide bonds. The molecule has 2 aliphatic heterocycles. The maximum Gasteiger partial charge on any atom is 0.260 e. The highest BCUT2D eigenvalue weighted by atomic mass is 16.2. The number of nitrogens with zero attached hydrogens (tertiary/aromatic N) is 1. The van der Waals surface area contributed by atoms with Crippen LogP contribution in [-0.4, -0.2) is 28.6 Å².